The first kappa shape index (κ1) is 13.5. The molecule has 0 aliphatic carbocycles. The van der Waals surface area contributed by atoms with Crippen LogP contribution in [0.2, 0.25) is 0 Å². The van der Waals surface area contributed by atoms with Crippen molar-refractivity contribution in [3.63, 3.8) is 0 Å². The monoisotopic (exact) mass is 292 g/mol. The zero-order chi connectivity index (χ0) is 10.8. The van der Waals surface area contributed by atoms with Crippen LogP contribution < -0.4 is 0 Å². The SMILES string of the molecule is Cc1[c-]ccc(-c2ccc(F)cc2F)c1.[Y]. The average Bonchev–Trinajstić information content (AvgIpc) is 2.17. The molecule has 0 aliphatic rings. The fourth-order valence-corrected chi connectivity index (χ4v) is 1.48. The summed E-state index contributed by atoms with van der Waals surface area (Å²) in [5, 5.41) is 0. The third kappa shape index (κ3) is 2.96. The van der Waals surface area contributed by atoms with Crippen LogP contribution in [0, 0.1) is 24.6 Å². The van der Waals surface area contributed by atoms with E-state index in [1.165, 1.54) is 12.1 Å². The molecule has 0 aromatic heterocycles. The van der Waals surface area contributed by atoms with Crippen LogP contribution in [-0.4, -0.2) is 0 Å². The third-order valence-electron chi connectivity index (χ3n) is 2.19. The predicted molar refractivity (Wildman–Crippen MR) is 55.4 cm³/mol. The molecule has 0 nitrogen and oxygen atoms in total. The number of benzene rings is 2. The van der Waals surface area contributed by atoms with E-state index >= 15 is 0 Å². The second-order valence-electron chi connectivity index (χ2n) is 3.38. The third-order valence-corrected chi connectivity index (χ3v) is 2.19. The van der Waals surface area contributed by atoms with Crippen LogP contribution in [0.25, 0.3) is 11.1 Å². The Balaban J connectivity index is 0.00000128. The first-order chi connectivity index (χ1) is 7.16. The number of hydrogen-bond acceptors (Lipinski definition) is 0. The van der Waals surface area contributed by atoms with Gasteiger partial charge in [0.25, 0.3) is 0 Å². The molecule has 2 rings (SSSR count). The molecule has 0 N–H and O–H groups in total. The minimum Gasteiger partial charge on any atom is -0.207 e. The van der Waals surface area contributed by atoms with E-state index in [9.17, 15) is 8.78 Å². The summed E-state index contributed by atoms with van der Waals surface area (Å²) >= 11 is 0. The predicted octanol–water partition coefficient (Wildman–Crippen LogP) is 3.74. The molecule has 0 saturated carbocycles. The maximum Gasteiger partial charge on any atom is 0.131 e. The Bertz CT molecular complexity index is 495. The molecule has 0 fully saturated rings. The van der Waals surface area contributed by atoms with Gasteiger partial charge in [-0.1, -0.05) is 13.0 Å². The molecule has 3 heteroatoms. The Kier molecular flexibility index (Phi) is 4.76. The van der Waals surface area contributed by atoms with Crippen LogP contribution in [0.1, 0.15) is 5.56 Å². The van der Waals surface area contributed by atoms with Crippen LogP contribution in [0.5, 0.6) is 0 Å². The molecule has 0 atom stereocenters. The minimum absolute atomic E-state index is 0. The minimum atomic E-state index is -0.560. The molecule has 0 amide bonds. The van der Waals surface area contributed by atoms with Crippen molar-refractivity contribution in [2.24, 2.45) is 0 Å². The molecule has 1 radical (unpaired) electrons. The number of halogens is 2. The Morgan fingerprint density at radius 1 is 1.06 bits per heavy atom. The molecule has 2 aromatic carbocycles. The van der Waals surface area contributed by atoms with Crippen molar-refractivity contribution >= 4 is 0 Å². The summed E-state index contributed by atoms with van der Waals surface area (Å²) in [5.74, 6) is -1.10. The first-order valence-electron chi connectivity index (χ1n) is 4.60. The van der Waals surface area contributed by atoms with Crippen LogP contribution in [0.4, 0.5) is 8.78 Å². The van der Waals surface area contributed by atoms with Crippen molar-refractivity contribution < 1.29 is 41.5 Å². The topological polar surface area (TPSA) is 0 Å². The van der Waals surface area contributed by atoms with Gasteiger partial charge in [0.15, 0.2) is 0 Å². The molecular weight excluding hydrogens is 283 g/mol. The molecule has 0 heterocycles. The van der Waals surface area contributed by atoms with E-state index in [0.29, 0.717) is 5.56 Å². The molecule has 0 unspecified atom stereocenters. The van der Waals surface area contributed by atoms with Crippen molar-refractivity contribution in [3.8, 4) is 11.1 Å². The molecule has 79 valence electrons. The Morgan fingerprint density at radius 3 is 2.44 bits per heavy atom. The van der Waals surface area contributed by atoms with E-state index in [4.69, 9.17) is 0 Å². The van der Waals surface area contributed by atoms with Crippen molar-refractivity contribution in [2.45, 2.75) is 6.92 Å². The summed E-state index contributed by atoms with van der Waals surface area (Å²) in [7, 11) is 0. The Labute approximate surface area is 119 Å². The molecule has 2 aromatic rings. The average molecular weight is 292 g/mol. The Hall–Kier alpha value is -0.596. The fraction of sp³-hybridized carbons (Fsp3) is 0.0769. The second kappa shape index (κ2) is 5.65. The second-order valence-corrected chi connectivity index (χ2v) is 3.38. The van der Waals surface area contributed by atoms with Gasteiger partial charge < -0.3 is 0 Å². The molecule has 0 saturated heterocycles. The van der Waals surface area contributed by atoms with Crippen molar-refractivity contribution in [1.82, 2.24) is 0 Å². The van der Waals surface area contributed by atoms with Gasteiger partial charge in [-0.05, 0) is 11.6 Å². The van der Waals surface area contributed by atoms with E-state index < -0.39 is 11.6 Å². The molecule has 0 aliphatic heterocycles. The van der Waals surface area contributed by atoms with Crippen LogP contribution in [0.3, 0.4) is 0 Å². The fourth-order valence-electron chi connectivity index (χ4n) is 1.48. The molecule has 0 spiro atoms. The summed E-state index contributed by atoms with van der Waals surface area (Å²) in [5.41, 5.74) is 2.08. The van der Waals surface area contributed by atoms with E-state index in [0.717, 1.165) is 17.2 Å². The Morgan fingerprint density at radius 2 is 1.81 bits per heavy atom. The normalized spacial score (nSPS) is 9.69. The molecule has 0 bridgehead atoms. The number of rotatable bonds is 1. The van der Waals surface area contributed by atoms with Crippen molar-refractivity contribution in [3.05, 3.63) is 59.7 Å². The molecule has 16 heavy (non-hydrogen) atoms. The zero-order valence-electron chi connectivity index (χ0n) is 8.80. The van der Waals surface area contributed by atoms with Crippen molar-refractivity contribution in [1.29, 1.82) is 0 Å². The van der Waals surface area contributed by atoms with Gasteiger partial charge >= 0.3 is 0 Å². The quantitative estimate of drug-likeness (QED) is 0.702. The zero-order valence-corrected chi connectivity index (χ0v) is 11.6. The smallest absolute Gasteiger partial charge is 0.131 e. The van der Waals surface area contributed by atoms with E-state index in [-0.39, 0.29) is 32.7 Å². The van der Waals surface area contributed by atoms with Gasteiger partial charge in [-0.2, -0.15) is 29.8 Å². The summed E-state index contributed by atoms with van der Waals surface area (Å²) in [6, 6.07) is 11.9. The van der Waals surface area contributed by atoms with Crippen LogP contribution in [-0.2, 0) is 32.7 Å². The summed E-state index contributed by atoms with van der Waals surface area (Å²) < 4.78 is 26.1. The summed E-state index contributed by atoms with van der Waals surface area (Å²) in [4.78, 5) is 0. The number of aryl methyl sites for hydroxylation is 1. The van der Waals surface area contributed by atoms with Gasteiger partial charge in [-0.15, -0.1) is 5.56 Å². The van der Waals surface area contributed by atoms with Gasteiger partial charge in [0.05, 0.1) is 0 Å². The van der Waals surface area contributed by atoms with Crippen molar-refractivity contribution in [2.75, 3.05) is 0 Å². The van der Waals surface area contributed by atoms with E-state index in [1.807, 2.05) is 13.0 Å². The van der Waals surface area contributed by atoms with Gasteiger partial charge in [0, 0.05) is 38.8 Å². The largest absolute Gasteiger partial charge is 0.207 e. The van der Waals surface area contributed by atoms with Gasteiger partial charge in [0.1, 0.15) is 11.6 Å². The van der Waals surface area contributed by atoms with E-state index in [1.54, 1.807) is 12.1 Å². The summed E-state index contributed by atoms with van der Waals surface area (Å²) in [6.07, 6.45) is 0. The van der Waals surface area contributed by atoms with Crippen LogP contribution >= 0.6 is 0 Å². The van der Waals surface area contributed by atoms with Gasteiger partial charge in [-0.3, -0.25) is 0 Å². The van der Waals surface area contributed by atoms with Gasteiger partial charge in [-0.25, -0.2) is 8.78 Å². The van der Waals surface area contributed by atoms with Gasteiger partial charge in [0.2, 0.25) is 0 Å². The first-order valence-corrected chi connectivity index (χ1v) is 4.60. The van der Waals surface area contributed by atoms with E-state index in [2.05, 4.69) is 6.07 Å². The molecular formula is C13H9F2Y-. The maximum atomic E-state index is 13.4. The number of hydrogen-bond donors (Lipinski definition) is 0. The maximum absolute atomic E-state index is 13.4. The standard InChI is InChI=1S/C13H9F2.Y/c1-9-3-2-4-10(7-9)12-6-5-11(14)8-13(12)15;/h2,4-8H,1H3;/q-1;. The summed E-state index contributed by atoms with van der Waals surface area (Å²) in [6.45, 7) is 1.88. The van der Waals surface area contributed by atoms with Crippen LogP contribution in [0.15, 0.2) is 36.4 Å².